The molecule has 0 radical (unpaired) electrons. The van der Waals surface area contributed by atoms with E-state index in [2.05, 4.69) is 5.32 Å². The summed E-state index contributed by atoms with van der Waals surface area (Å²) in [6.45, 7) is 0.109. The van der Waals surface area contributed by atoms with Gasteiger partial charge in [0.2, 0.25) is 0 Å². The van der Waals surface area contributed by atoms with E-state index in [4.69, 9.17) is 44.0 Å². The Bertz CT molecular complexity index is 687. The van der Waals surface area contributed by atoms with Gasteiger partial charge in [-0.2, -0.15) is 0 Å². The van der Waals surface area contributed by atoms with E-state index >= 15 is 0 Å². The Morgan fingerprint density at radius 2 is 1.91 bits per heavy atom. The molecule has 1 aliphatic rings. The van der Waals surface area contributed by atoms with Crippen LogP contribution >= 0.6 is 34.8 Å². The Labute approximate surface area is 142 Å². The van der Waals surface area contributed by atoms with Gasteiger partial charge in [-0.1, -0.05) is 34.8 Å². The molecule has 1 N–H and O–H groups in total. The van der Waals surface area contributed by atoms with Crippen LogP contribution in [-0.4, -0.2) is 11.9 Å². The van der Waals surface area contributed by atoms with Crippen molar-refractivity contribution in [1.82, 2.24) is 5.32 Å². The second kappa shape index (κ2) is 6.41. The van der Waals surface area contributed by atoms with Crippen molar-refractivity contribution in [3.8, 4) is 5.75 Å². The molecule has 116 valence electrons. The van der Waals surface area contributed by atoms with E-state index < -0.39 is 0 Å². The molecule has 22 heavy (non-hydrogen) atoms. The summed E-state index contributed by atoms with van der Waals surface area (Å²) in [5.74, 6) is 0.881. The second-order valence-corrected chi connectivity index (χ2v) is 6.25. The van der Waals surface area contributed by atoms with Crippen molar-refractivity contribution in [2.75, 3.05) is 0 Å². The average Bonchev–Trinajstić information content (AvgIpc) is 3.13. The minimum atomic E-state index is -0.212. The molecule has 7 heteroatoms. The predicted molar refractivity (Wildman–Crippen MR) is 85.0 cm³/mol. The first-order valence-corrected chi connectivity index (χ1v) is 7.83. The van der Waals surface area contributed by atoms with Gasteiger partial charge >= 0.3 is 0 Å². The number of carbonyl (C=O) groups excluding carboxylic acids is 1. The summed E-state index contributed by atoms with van der Waals surface area (Å²) in [5.41, 5.74) is 0. The SMILES string of the molecule is O=C(NC1CC1)c1ccc(COc2c(Cl)cc(Cl)cc2Cl)o1. The molecule has 1 aromatic heterocycles. The average molecular weight is 361 g/mol. The molecule has 4 nitrogen and oxygen atoms in total. The van der Waals surface area contributed by atoms with Crippen molar-refractivity contribution in [3.63, 3.8) is 0 Å². The van der Waals surface area contributed by atoms with Crippen LogP contribution in [0.5, 0.6) is 5.75 Å². The molecule has 0 atom stereocenters. The topological polar surface area (TPSA) is 51.5 Å². The number of furan rings is 1. The van der Waals surface area contributed by atoms with Crippen molar-refractivity contribution in [1.29, 1.82) is 0 Å². The van der Waals surface area contributed by atoms with Gasteiger partial charge in [-0.3, -0.25) is 4.79 Å². The van der Waals surface area contributed by atoms with E-state index in [9.17, 15) is 4.79 Å². The summed E-state index contributed by atoms with van der Waals surface area (Å²) >= 11 is 17.9. The maximum Gasteiger partial charge on any atom is 0.287 e. The molecule has 0 unspecified atom stereocenters. The maximum absolute atomic E-state index is 11.8. The lowest BCUT2D eigenvalue weighted by molar-refractivity contribution is 0.0919. The molecule has 1 amide bonds. The van der Waals surface area contributed by atoms with E-state index in [1.165, 1.54) is 0 Å². The zero-order valence-corrected chi connectivity index (χ0v) is 13.6. The highest BCUT2D eigenvalue weighted by Crippen LogP contribution is 2.36. The fraction of sp³-hybridized carbons (Fsp3) is 0.267. The molecule has 0 aliphatic heterocycles. The number of hydrogen-bond acceptors (Lipinski definition) is 3. The van der Waals surface area contributed by atoms with Crippen LogP contribution < -0.4 is 10.1 Å². The maximum atomic E-state index is 11.8. The number of hydrogen-bond donors (Lipinski definition) is 1. The van der Waals surface area contributed by atoms with Crippen molar-refractivity contribution < 1.29 is 13.9 Å². The Hall–Kier alpha value is -1.36. The molecule has 1 fully saturated rings. The van der Waals surface area contributed by atoms with E-state index in [1.807, 2.05) is 0 Å². The number of ether oxygens (including phenoxy) is 1. The van der Waals surface area contributed by atoms with E-state index in [0.717, 1.165) is 12.8 Å². The van der Waals surface area contributed by atoms with Crippen molar-refractivity contribution in [2.45, 2.75) is 25.5 Å². The number of halogens is 3. The first-order chi connectivity index (χ1) is 10.5. The van der Waals surface area contributed by atoms with Crippen LogP contribution in [0.2, 0.25) is 15.1 Å². The van der Waals surface area contributed by atoms with Gasteiger partial charge in [-0.15, -0.1) is 0 Å². The number of carbonyl (C=O) groups is 1. The first-order valence-electron chi connectivity index (χ1n) is 6.70. The Morgan fingerprint density at radius 3 is 2.55 bits per heavy atom. The summed E-state index contributed by atoms with van der Waals surface area (Å²) in [5, 5.41) is 3.91. The third-order valence-electron chi connectivity index (χ3n) is 3.12. The highest BCUT2D eigenvalue weighted by molar-refractivity contribution is 6.40. The van der Waals surface area contributed by atoms with E-state index in [-0.39, 0.29) is 24.3 Å². The summed E-state index contributed by atoms with van der Waals surface area (Å²) in [4.78, 5) is 11.8. The van der Waals surface area contributed by atoms with Crippen LogP contribution in [0.1, 0.15) is 29.2 Å². The lowest BCUT2D eigenvalue weighted by atomic mass is 10.3. The van der Waals surface area contributed by atoms with Crippen LogP contribution in [0.4, 0.5) is 0 Å². The van der Waals surface area contributed by atoms with Gasteiger partial charge in [0.15, 0.2) is 11.5 Å². The van der Waals surface area contributed by atoms with E-state index in [1.54, 1.807) is 24.3 Å². The van der Waals surface area contributed by atoms with Gasteiger partial charge in [-0.25, -0.2) is 0 Å². The van der Waals surface area contributed by atoms with Gasteiger partial charge in [0.25, 0.3) is 5.91 Å². The van der Waals surface area contributed by atoms with Crippen LogP contribution in [-0.2, 0) is 6.61 Å². The third-order valence-corrected chi connectivity index (χ3v) is 3.90. The van der Waals surface area contributed by atoms with Gasteiger partial charge in [0, 0.05) is 11.1 Å². The fourth-order valence-corrected chi connectivity index (χ4v) is 2.80. The summed E-state index contributed by atoms with van der Waals surface area (Å²) in [7, 11) is 0. The first kappa shape index (κ1) is 15.5. The summed E-state index contributed by atoms with van der Waals surface area (Å²) in [6.07, 6.45) is 2.05. The smallest absolute Gasteiger partial charge is 0.287 e. The molecule has 2 aromatic rings. The van der Waals surface area contributed by atoms with Gasteiger partial charge in [-0.05, 0) is 37.1 Å². The normalized spacial score (nSPS) is 14.0. The molecule has 0 spiro atoms. The van der Waals surface area contributed by atoms with Gasteiger partial charge < -0.3 is 14.5 Å². The van der Waals surface area contributed by atoms with Crippen molar-refractivity contribution in [2.24, 2.45) is 0 Å². The van der Waals surface area contributed by atoms with Crippen LogP contribution in [0, 0.1) is 0 Å². The fourth-order valence-electron chi connectivity index (χ4n) is 1.87. The molecule has 1 heterocycles. The van der Waals surface area contributed by atoms with Crippen LogP contribution in [0.15, 0.2) is 28.7 Å². The quantitative estimate of drug-likeness (QED) is 0.840. The minimum absolute atomic E-state index is 0.109. The zero-order valence-electron chi connectivity index (χ0n) is 11.4. The monoisotopic (exact) mass is 359 g/mol. The molecule has 0 saturated heterocycles. The summed E-state index contributed by atoms with van der Waals surface area (Å²) < 4.78 is 11.0. The number of benzene rings is 1. The molecule has 1 aliphatic carbocycles. The Morgan fingerprint density at radius 1 is 1.23 bits per heavy atom. The number of amides is 1. The molecular weight excluding hydrogens is 349 g/mol. The third kappa shape index (κ3) is 3.69. The summed E-state index contributed by atoms with van der Waals surface area (Å²) in [6, 6.07) is 6.66. The lowest BCUT2D eigenvalue weighted by Crippen LogP contribution is -2.24. The highest BCUT2D eigenvalue weighted by atomic mass is 35.5. The lowest BCUT2D eigenvalue weighted by Gasteiger charge is -2.09. The predicted octanol–water partition coefficient (Wildman–Crippen LogP) is 4.71. The van der Waals surface area contributed by atoms with Crippen molar-refractivity contribution >= 4 is 40.7 Å². The molecule has 3 rings (SSSR count). The standard InChI is InChI=1S/C15H12Cl3NO3/c16-8-5-11(17)14(12(18)6-8)21-7-10-3-4-13(22-10)15(20)19-9-1-2-9/h3-6,9H,1-2,7H2,(H,19,20). The number of nitrogens with one attached hydrogen (secondary N) is 1. The largest absolute Gasteiger partial charge is 0.483 e. The minimum Gasteiger partial charge on any atom is -0.483 e. The molecular formula is C15H12Cl3NO3. The Kier molecular flexibility index (Phi) is 4.52. The highest BCUT2D eigenvalue weighted by Gasteiger charge is 2.25. The second-order valence-electron chi connectivity index (χ2n) is 5.00. The number of rotatable bonds is 5. The van der Waals surface area contributed by atoms with Crippen molar-refractivity contribution in [3.05, 3.63) is 50.9 Å². The van der Waals surface area contributed by atoms with Gasteiger partial charge in [0.1, 0.15) is 12.4 Å². The van der Waals surface area contributed by atoms with Gasteiger partial charge in [0.05, 0.1) is 10.0 Å². The van der Waals surface area contributed by atoms with E-state index in [0.29, 0.717) is 26.6 Å². The Balaban J connectivity index is 1.64. The van der Waals surface area contributed by atoms with Crippen LogP contribution in [0.3, 0.4) is 0 Å². The van der Waals surface area contributed by atoms with Crippen LogP contribution in [0.25, 0.3) is 0 Å². The molecule has 1 saturated carbocycles. The zero-order chi connectivity index (χ0) is 15.7. The molecule has 1 aromatic carbocycles. The molecule has 0 bridgehead atoms.